The normalized spacial score (nSPS) is 25.4. The molecule has 0 spiro atoms. The number of rotatable bonds is 5. The van der Waals surface area contributed by atoms with E-state index in [0.717, 1.165) is 19.5 Å². The Bertz CT molecular complexity index is 274. The molecule has 0 aliphatic carbocycles. The van der Waals surface area contributed by atoms with Crippen molar-refractivity contribution in [2.45, 2.75) is 25.3 Å². The van der Waals surface area contributed by atoms with Crippen LogP contribution in [0, 0.1) is 0 Å². The van der Waals surface area contributed by atoms with Crippen LogP contribution < -0.4 is 5.32 Å². The fourth-order valence-electron chi connectivity index (χ4n) is 2.77. The summed E-state index contributed by atoms with van der Waals surface area (Å²) in [6.07, 6.45) is 5.58. The van der Waals surface area contributed by atoms with Gasteiger partial charge in [-0.2, -0.15) is 0 Å². The maximum absolute atomic E-state index is 11.9. The van der Waals surface area contributed by atoms with Crippen molar-refractivity contribution in [3.05, 3.63) is 12.7 Å². The summed E-state index contributed by atoms with van der Waals surface area (Å²) in [5.41, 5.74) is 0. The predicted molar refractivity (Wildman–Crippen MR) is 68.9 cm³/mol. The average Bonchev–Trinajstić information content (AvgIpc) is 3.00. The summed E-state index contributed by atoms with van der Waals surface area (Å²) in [6, 6.07) is 0.612. The van der Waals surface area contributed by atoms with E-state index in [4.69, 9.17) is 0 Å². The summed E-state index contributed by atoms with van der Waals surface area (Å²) < 4.78 is 0. The minimum Gasteiger partial charge on any atom is -0.340 e. The zero-order chi connectivity index (χ0) is 12.1. The van der Waals surface area contributed by atoms with Crippen LogP contribution in [0.1, 0.15) is 19.3 Å². The zero-order valence-electron chi connectivity index (χ0n) is 10.5. The van der Waals surface area contributed by atoms with Crippen molar-refractivity contribution in [2.24, 2.45) is 0 Å². The molecule has 0 radical (unpaired) electrons. The monoisotopic (exact) mass is 237 g/mol. The van der Waals surface area contributed by atoms with Gasteiger partial charge < -0.3 is 10.2 Å². The summed E-state index contributed by atoms with van der Waals surface area (Å²) in [4.78, 5) is 16.4. The SMILES string of the molecule is C=CCNCC(=O)N1CCC(N2CCCC2)C1. The van der Waals surface area contributed by atoms with Crippen molar-refractivity contribution in [3.63, 3.8) is 0 Å². The summed E-state index contributed by atoms with van der Waals surface area (Å²) in [5.74, 6) is 0.230. The average molecular weight is 237 g/mol. The van der Waals surface area contributed by atoms with Gasteiger partial charge in [0, 0.05) is 25.7 Å². The highest BCUT2D eigenvalue weighted by Crippen LogP contribution is 2.20. The van der Waals surface area contributed by atoms with Crippen LogP contribution in [0.25, 0.3) is 0 Å². The first-order valence-corrected chi connectivity index (χ1v) is 6.64. The van der Waals surface area contributed by atoms with Crippen LogP contribution in [0.5, 0.6) is 0 Å². The molecule has 1 amide bonds. The van der Waals surface area contributed by atoms with E-state index in [0.29, 0.717) is 19.1 Å². The molecule has 2 rings (SSSR count). The first-order valence-electron chi connectivity index (χ1n) is 6.64. The van der Waals surface area contributed by atoms with Crippen molar-refractivity contribution >= 4 is 5.91 Å². The molecule has 0 bridgehead atoms. The third-order valence-electron chi connectivity index (χ3n) is 3.74. The number of carbonyl (C=O) groups excluding carboxylic acids is 1. The van der Waals surface area contributed by atoms with E-state index in [1.165, 1.54) is 25.9 Å². The van der Waals surface area contributed by atoms with Crippen LogP contribution in [-0.4, -0.2) is 61.0 Å². The Morgan fingerprint density at radius 1 is 1.35 bits per heavy atom. The third-order valence-corrected chi connectivity index (χ3v) is 3.74. The molecule has 2 saturated heterocycles. The van der Waals surface area contributed by atoms with Gasteiger partial charge in [-0.3, -0.25) is 9.69 Å². The quantitative estimate of drug-likeness (QED) is 0.557. The van der Waals surface area contributed by atoms with Crippen LogP contribution in [-0.2, 0) is 4.79 Å². The predicted octanol–water partition coefficient (Wildman–Crippen LogP) is 0.459. The molecule has 4 nitrogen and oxygen atoms in total. The second-order valence-electron chi connectivity index (χ2n) is 4.94. The topological polar surface area (TPSA) is 35.6 Å². The van der Waals surface area contributed by atoms with Crippen molar-refractivity contribution in [3.8, 4) is 0 Å². The van der Waals surface area contributed by atoms with Crippen molar-refractivity contribution < 1.29 is 4.79 Å². The van der Waals surface area contributed by atoms with E-state index < -0.39 is 0 Å². The van der Waals surface area contributed by atoms with Crippen LogP contribution in [0.15, 0.2) is 12.7 Å². The van der Waals surface area contributed by atoms with E-state index in [1.54, 1.807) is 6.08 Å². The van der Waals surface area contributed by atoms with E-state index >= 15 is 0 Å². The number of amides is 1. The van der Waals surface area contributed by atoms with Crippen LogP contribution in [0.3, 0.4) is 0 Å². The highest BCUT2D eigenvalue weighted by molar-refractivity contribution is 5.78. The zero-order valence-corrected chi connectivity index (χ0v) is 10.5. The van der Waals surface area contributed by atoms with Gasteiger partial charge in [0.15, 0.2) is 0 Å². The van der Waals surface area contributed by atoms with Gasteiger partial charge in [-0.15, -0.1) is 6.58 Å². The van der Waals surface area contributed by atoms with Crippen molar-refractivity contribution in [1.82, 2.24) is 15.1 Å². The maximum Gasteiger partial charge on any atom is 0.236 e. The Hall–Kier alpha value is -0.870. The number of hydrogen-bond acceptors (Lipinski definition) is 3. The molecule has 0 aromatic heterocycles. The van der Waals surface area contributed by atoms with Gasteiger partial charge in [0.05, 0.1) is 6.54 Å². The lowest BCUT2D eigenvalue weighted by Crippen LogP contribution is -2.40. The van der Waals surface area contributed by atoms with Crippen LogP contribution in [0.2, 0.25) is 0 Å². The Labute approximate surface area is 104 Å². The molecule has 2 heterocycles. The van der Waals surface area contributed by atoms with Gasteiger partial charge in [0.25, 0.3) is 0 Å². The lowest BCUT2D eigenvalue weighted by molar-refractivity contribution is -0.129. The molecule has 2 aliphatic heterocycles. The standard InChI is InChI=1S/C13H23N3O/c1-2-6-14-10-13(17)16-9-5-12(11-16)15-7-3-4-8-15/h2,12,14H,1,3-11H2. The summed E-state index contributed by atoms with van der Waals surface area (Å²) in [6.45, 7) is 9.07. The highest BCUT2D eigenvalue weighted by atomic mass is 16.2. The molecule has 1 atom stereocenters. The molecule has 1 N–H and O–H groups in total. The molecule has 96 valence electrons. The molecule has 4 heteroatoms. The number of likely N-dealkylation sites (tertiary alicyclic amines) is 2. The van der Waals surface area contributed by atoms with Gasteiger partial charge >= 0.3 is 0 Å². The Balaban J connectivity index is 1.72. The van der Waals surface area contributed by atoms with Gasteiger partial charge in [-0.1, -0.05) is 6.08 Å². The summed E-state index contributed by atoms with van der Waals surface area (Å²) >= 11 is 0. The smallest absolute Gasteiger partial charge is 0.236 e. The molecular weight excluding hydrogens is 214 g/mol. The number of hydrogen-bond donors (Lipinski definition) is 1. The fourth-order valence-corrected chi connectivity index (χ4v) is 2.77. The molecule has 2 aliphatic rings. The number of nitrogens with one attached hydrogen (secondary N) is 1. The van der Waals surface area contributed by atoms with Crippen molar-refractivity contribution in [2.75, 3.05) is 39.3 Å². The Kier molecular flexibility index (Phi) is 4.57. The van der Waals surface area contributed by atoms with Gasteiger partial charge in [0.1, 0.15) is 0 Å². The van der Waals surface area contributed by atoms with Gasteiger partial charge in [0.2, 0.25) is 5.91 Å². The van der Waals surface area contributed by atoms with E-state index in [9.17, 15) is 4.79 Å². The lowest BCUT2D eigenvalue weighted by atomic mass is 10.2. The third kappa shape index (κ3) is 3.30. The fraction of sp³-hybridized carbons (Fsp3) is 0.769. The number of nitrogens with zero attached hydrogens (tertiary/aromatic N) is 2. The first kappa shape index (κ1) is 12.6. The minimum atomic E-state index is 0.230. The second kappa shape index (κ2) is 6.17. The Morgan fingerprint density at radius 2 is 2.12 bits per heavy atom. The van der Waals surface area contributed by atoms with E-state index in [1.807, 2.05) is 4.90 Å². The van der Waals surface area contributed by atoms with Gasteiger partial charge in [-0.05, 0) is 32.4 Å². The summed E-state index contributed by atoms with van der Waals surface area (Å²) in [5, 5.41) is 3.07. The van der Waals surface area contributed by atoms with E-state index in [-0.39, 0.29) is 5.91 Å². The first-order chi connectivity index (χ1) is 8.31. The van der Waals surface area contributed by atoms with Crippen molar-refractivity contribution in [1.29, 1.82) is 0 Å². The maximum atomic E-state index is 11.9. The molecule has 17 heavy (non-hydrogen) atoms. The molecule has 0 saturated carbocycles. The minimum absolute atomic E-state index is 0.230. The van der Waals surface area contributed by atoms with Crippen LogP contribution in [0.4, 0.5) is 0 Å². The largest absolute Gasteiger partial charge is 0.340 e. The molecule has 2 fully saturated rings. The lowest BCUT2D eigenvalue weighted by Gasteiger charge is -2.23. The molecular formula is C13H23N3O. The highest BCUT2D eigenvalue weighted by Gasteiger charge is 2.31. The molecule has 1 unspecified atom stereocenters. The van der Waals surface area contributed by atoms with Crippen LogP contribution >= 0.6 is 0 Å². The van der Waals surface area contributed by atoms with Gasteiger partial charge in [-0.25, -0.2) is 0 Å². The van der Waals surface area contributed by atoms with E-state index in [2.05, 4.69) is 16.8 Å². The second-order valence-corrected chi connectivity index (χ2v) is 4.94. The number of carbonyl (C=O) groups is 1. The summed E-state index contributed by atoms with van der Waals surface area (Å²) in [7, 11) is 0. The Morgan fingerprint density at radius 3 is 2.82 bits per heavy atom. The molecule has 0 aromatic rings. The molecule has 0 aromatic carbocycles.